The standard InChI is InChI=1S/C11H17NO4/c1-12(7-4-5-16-6-7)10(13)8-2-3-9(8)11(14)15/h7-9H,2-6H2,1H3,(H,14,15). The van der Waals surface area contributed by atoms with Gasteiger partial charge >= 0.3 is 5.97 Å². The van der Waals surface area contributed by atoms with Crippen LogP contribution in [0.1, 0.15) is 19.3 Å². The molecule has 16 heavy (non-hydrogen) atoms. The lowest BCUT2D eigenvalue weighted by molar-refractivity contribution is -0.157. The van der Waals surface area contributed by atoms with Crippen LogP contribution in [0.25, 0.3) is 0 Å². The van der Waals surface area contributed by atoms with Crippen molar-refractivity contribution >= 4 is 11.9 Å². The predicted octanol–water partition coefficient (Wildman–Crippen LogP) is 0.345. The van der Waals surface area contributed by atoms with Crippen LogP contribution in [0.4, 0.5) is 0 Å². The average molecular weight is 227 g/mol. The maximum Gasteiger partial charge on any atom is 0.307 e. The first kappa shape index (κ1) is 11.4. The minimum atomic E-state index is -0.847. The molecule has 1 N–H and O–H groups in total. The van der Waals surface area contributed by atoms with Crippen molar-refractivity contribution in [3.8, 4) is 0 Å². The lowest BCUT2D eigenvalue weighted by Gasteiger charge is -2.36. The molecule has 3 unspecified atom stereocenters. The highest BCUT2D eigenvalue weighted by molar-refractivity contribution is 5.86. The van der Waals surface area contributed by atoms with E-state index in [-0.39, 0.29) is 17.9 Å². The number of carbonyl (C=O) groups excluding carboxylic acids is 1. The van der Waals surface area contributed by atoms with Gasteiger partial charge in [-0.3, -0.25) is 9.59 Å². The Morgan fingerprint density at radius 1 is 1.25 bits per heavy atom. The first-order valence-corrected chi connectivity index (χ1v) is 5.68. The van der Waals surface area contributed by atoms with Crippen LogP contribution in [0.2, 0.25) is 0 Å². The van der Waals surface area contributed by atoms with E-state index in [1.165, 1.54) is 0 Å². The molecule has 0 spiro atoms. The summed E-state index contributed by atoms with van der Waals surface area (Å²) in [7, 11) is 1.75. The quantitative estimate of drug-likeness (QED) is 0.755. The molecule has 0 bridgehead atoms. The summed E-state index contributed by atoms with van der Waals surface area (Å²) < 4.78 is 5.22. The summed E-state index contributed by atoms with van der Waals surface area (Å²) in [5, 5.41) is 8.90. The van der Waals surface area contributed by atoms with Gasteiger partial charge in [0.2, 0.25) is 5.91 Å². The number of carbonyl (C=O) groups is 2. The molecule has 1 aliphatic carbocycles. The fourth-order valence-corrected chi connectivity index (χ4v) is 2.36. The van der Waals surface area contributed by atoms with Gasteiger partial charge in [0.1, 0.15) is 0 Å². The Balaban J connectivity index is 1.94. The van der Waals surface area contributed by atoms with Gasteiger partial charge in [0.15, 0.2) is 0 Å². The fourth-order valence-electron chi connectivity index (χ4n) is 2.36. The third-order valence-corrected chi connectivity index (χ3v) is 3.71. The highest BCUT2D eigenvalue weighted by atomic mass is 16.5. The fraction of sp³-hybridized carbons (Fsp3) is 0.818. The first-order chi connectivity index (χ1) is 7.61. The molecule has 2 aliphatic rings. The topological polar surface area (TPSA) is 66.8 Å². The second-order valence-electron chi connectivity index (χ2n) is 4.60. The van der Waals surface area contributed by atoms with E-state index in [1.807, 2.05) is 0 Å². The first-order valence-electron chi connectivity index (χ1n) is 5.68. The Labute approximate surface area is 94.4 Å². The van der Waals surface area contributed by atoms with Crippen molar-refractivity contribution in [2.75, 3.05) is 20.3 Å². The van der Waals surface area contributed by atoms with Crippen molar-refractivity contribution in [3.05, 3.63) is 0 Å². The highest BCUT2D eigenvalue weighted by Gasteiger charge is 2.43. The Kier molecular flexibility index (Phi) is 3.14. The Bertz CT molecular complexity index is 298. The Hall–Kier alpha value is -1.10. The monoisotopic (exact) mass is 227 g/mol. The number of rotatable bonds is 3. The summed E-state index contributed by atoms with van der Waals surface area (Å²) >= 11 is 0. The largest absolute Gasteiger partial charge is 0.481 e. The van der Waals surface area contributed by atoms with E-state index in [0.717, 1.165) is 6.42 Å². The van der Waals surface area contributed by atoms with E-state index in [2.05, 4.69) is 0 Å². The van der Waals surface area contributed by atoms with Gasteiger partial charge in [-0.1, -0.05) is 0 Å². The van der Waals surface area contributed by atoms with Gasteiger partial charge < -0.3 is 14.7 Å². The molecule has 3 atom stereocenters. The van der Waals surface area contributed by atoms with E-state index in [9.17, 15) is 9.59 Å². The summed E-state index contributed by atoms with van der Waals surface area (Å²) in [6.45, 7) is 1.27. The van der Waals surface area contributed by atoms with Crippen LogP contribution in [0, 0.1) is 11.8 Å². The van der Waals surface area contributed by atoms with Gasteiger partial charge in [-0.05, 0) is 19.3 Å². The second kappa shape index (κ2) is 4.41. The van der Waals surface area contributed by atoms with Crippen LogP contribution in [-0.2, 0) is 14.3 Å². The molecule has 1 saturated carbocycles. The summed E-state index contributed by atoms with van der Waals surface area (Å²) in [6, 6.07) is 0.127. The zero-order chi connectivity index (χ0) is 11.7. The molecule has 1 heterocycles. The zero-order valence-corrected chi connectivity index (χ0v) is 9.39. The lowest BCUT2D eigenvalue weighted by atomic mass is 9.73. The van der Waals surface area contributed by atoms with Crippen molar-refractivity contribution in [2.45, 2.75) is 25.3 Å². The molecule has 1 amide bonds. The van der Waals surface area contributed by atoms with E-state index in [0.29, 0.717) is 26.1 Å². The van der Waals surface area contributed by atoms with Gasteiger partial charge in [-0.25, -0.2) is 0 Å². The third-order valence-electron chi connectivity index (χ3n) is 3.71. The van der Waals surface area contributed by atoms with Gasteiger partial charge in [-0.2, -0.15) is 0 Å². The van der Waals surface area contributed by atoms with Crippen molar-refractivity contribution in [3.63, 3.8) is 0 Å². The van der Waals surface area contributed by atoms with Gasteiger partial charge in [0.25, 0.3) is 0 Å². The summed E-state index contributed by atoms with van der Waals surface area (Å²) in [5.41, 5.74) is 0. The van der Waals surface area contributed by atoms with Crippen LogP contribution in [0.3, 0.4) is 0 Å². The van der Waals surface area contributed by atoms with Crippen molar-refractivity contribution in [1.29, 1.82) is 0 Å². The minimum absolute atomic E-state index is 0.0332. The van der Waals surface area contributed by atoms with Crippen LogP contribution in [0.15, 0.2) is 0 Å². The van der Waals surface area contributed by atoms with E-state index < -0.39 is 11.9 Å². The number of likely N-dealkylation sites (N-methyl/N-ethyl adjacent to an activating group) is 1. The van der Waals surface area contributed by atoms with Crippen LogP contribution < -0.4 is 0 Å². The number of aliphatic carboxylic acids is 1. The number of amides is 1. The SMILES string of the molecule is CN(C(=O)C1CCC1C(=O)O)C1CCOC1. The maximum absolute atomic E-state index is 12.0. The molecule has 2 fully saturated rings. The molecule has 0 aromatic rings. The normalized spacial score (nSPS) is 33.2. The van der Waals surface area contributed by atoms with Crippen LogP contribution in [0.5, 0.6) is 0 Å². The number of carboxylic acid groups (broad SMARTS) is 1. The molecule has 5 nitrogen and oxygen atoms in total. The number of hydrogen-bond donors (Lipinski definition) is 1. The molecule has 2 rings (SSSR count). The van der Waals surface area contributed by atoms with E-state index in [1.54, 1.807) is 11.9 Å². The van der Waals surface area contributed by atoms with E-state index >= 15 is 0 Å². The number of carboxylic acids is 1. The van der Waals surface area contributed by atoms with Gasteiger partial charge in [-0.15, -0.1) is 0 Å². The zero-order valence-electron chi connectivity index (χ0n) is 9.39. The molecule has 90 valence electrons. The molecule has 5 heteroatoms. The molecule has 1 saturated heterocycles. The number of ether oxygens (including phenoxy) is 1. The van der Waals surface area contributed by atoms with E-state index in [4.69, 9.17) is 9.84 Å². The molecule has 0 aromatic carbocycles. The lowest BCUT2D eigenvalue weighted by Crippen LogP contribution is -2.48. The maximum atomic E-state index is 12.0. The summed E-state index contributed by atoms with van der Waals surface area (Å²) in [6.07, 6.45) is 2.18. The van der Waals surface area contributed by atoms with Crippen molar-refractivity contribution < 1.29 is 19.4 Å². The molecular weight excluding hydrogens is 210 g/mol. The smallest absolute Gasteiger partial charge is 0.307 e. The van der Waals surface area contributed by atoms with Gasteiger partial charge in [0.05, 0.1) is 24.5 Å². The van der Waals surface area contributed by atoms with Crippen LogP contribution in [-0.4, -0.2) is 48.2 Å². The minimum Gasteiger partial charge on any atom is -0.481 e. The van der Waals surface area contributed by atoms with Crippen LogP contribution >= 0.6 is 0 Å². The molecule has 1 aliphatic heterocycles. The third kappa shape index (κ3) is 1.91. The molecular formula is C11H17NO4. The summed E-state index contributed by atoms with van der Waals surface area (Å²) in [5.74, 6) is -1.67. The Morgan fingerprint density at radius 3 is 2.38 bits per heavy atom. The Morgan fingerprint density at radius 2 is 1.94 bits per heavy atom. The average Bonchev–Trinajstić information content (AvgIpc) is 2.66. The molecule has 0 aromatic heterocycles. The van der Waals surface area contributed by atoms with Crippen molar-refractivity contribution in [2.24, 2.45) is 11.8 Å². The van der Waals surface area contributed by atoms with Crippen molar-refractivity contribution in [1.82, 2.24) is 4.90 Å². The molecule has 0 radical (unpaired) electrons. The predicted molar refractivity (Wildman–Crippen MR) is 55.8 cm³/mol. The second-order valence-corrected chi connectivity index (χ2v) is 4.60. The number of hydrogen-bond acceptors (Lipinski definition) is 3. The highest BCUT2D eigenvalue weighted by Crippen LogP contribution is 2.36. The number of nitrogens with zero attached hydrogens (tertiary/aromatic N) is 1. The summed E-state index contributed by atoms with van der Waals surface area (Å²) in [4.78, 5) is 24.6. The van der Waals surface area contributed by atoms with Gasteiger partial charge in [0, 0.05) is 13.7 Å².